The van der Waals surface area contributed by atoms with E-state index in [9.17, 15) is 0 Å². The van der Waals surface area contributed by atoms with Gasteiger partial charge in [0.15, 0.2) is 4.98 Å². The van der Waals surface area contributed by atoms with E-state index >= 15 is 0 Å². The molecule has 92 valence electrons. The zero-order valence-electron chi connectivity index (χ0n) is 9.82. The molecular weight excluding hydrogens is 471 g/mol. The molecule has 1 aromatic carbocycles. The van der Waals surface area contributed by atoms with E-state index in [-0.39, 0.29) is 70.4 Å². The van der Waals surface area contributed by atoms with E-state index in [1.165, 1.54) is 0 Å². The summed E-state index contributed by atoms with van der Waals surface area (Å²) in [7, 11) is 5.35. The zero-order chi connectivity index (χ0) is 9.84. The first-order chi connectivity index (χ1) is 6.19. The average Bonchev–Trinajstić information content (AvgIpc) is 2.16. The predicted octanol–water partition coefficient (Wildman–Crippen LogP) is -6.74. The van der Waals surface area contributed by atoms with Crippen molar-refractivity contribution in [2.24, 2.45) is 0 Å². The van der Waals surface area contributed by atoms with Gasteiger partial charge in [-0.25, -0.2) is 0 Å². The van der Waals surface area contributed by atoms with Crippen molar-refractivity contribution < 1.29 is 75.2 Å². The average molecular weight is 483 g/mol. The fourth-order valence-electron chi connectivity index (χ4n) is 1.09. The van der Waals surface area contributed by atoms with Crippen LogP contribution in [-0.4, -0.2) is 21.2 Å². The number of nitrogens with zero attached hydrogens (tertiary/aromatic N) is 3. The molecule has 0 spiro atoms. The molecule has 17 heavy (non-hydrogen) atoms. The third kappa shape index (κ3) is 7.35. The van der Waals surface area contributed by atoms with E-state index in [1.54, 1.807) is 13.2 Å². The molecule has 0 amide bonds. The van der Waals surface area contributed by atoms with Crippen molar-refractivity contribution in [2.75, 3.05) is 26.1 Å². The van der Waals surface area contributed by atoms with Crippen LogP contribution in [0.3, 0.4) is 0 Å². The van der Waals surface area contributed by atoms with E-state index < -0.39 is 0 Å². The third-order valence-electron chi connectivity index (χ3n) is 1.77. The van der Waals surface area contributed by atoms with Gasteiger partial charge in [0, 0.05) is 14.1 Å². The number of benzene rings is 1. The molecule has 0 bridgehead atoms. The van der Waals surface area contributed by atoms with Gasteiger partial charge in [0.05, 0.1) is 13.2 Å². The molecular formula is C9H12Br3N3OZn. The summed E-state index contributed by atoms with van der Waals surface area (Å²) in [5, 5.41) is 8.73. The Bertz CT molecular complexity index is 358. The van der Waals surface area contributed by atoms with Gasteiger partial charge in [-0.1, -0.05) is 0 Å². The number of methoxy groups -OCH3 is 1. The molecule has 0 saturated carbocycles. The molecule has 1 aromatic rings. The van der Waals surface area contributed by atoms with Crippen molar-refractivity contribution in [3.8, 4) is 5.75 Å². The van der Waals surface area contributed by atoms with Crippen LogP contribution in [0.1, 0.15) is 0 Å². The Morgan fingerprint density at radius 3 is 2.06 bits per heavy atom. The van der Waals surface area contributed by atoms with E-state index in [0.717, 1.165) is 5.69 Å². The Labute approximate surface area is 146 Å². The minimum Gasteiger partial charge on any atom is -1.00 e. The molecule has 0 heterocycles. The van der Waals surface area contributed by atoms with Crippen molar-refractivity contribution in [2.45, 2.75) is 0 Å². The number of ether oxygens (including phenoxy) is 1. The van der Waals surface area contributed by atoms with Gasteiger partial charge in [0.1, 0.15) is 11.4 Å². The third-order valence-corrected chi connectivity index (χ3v) is 1.77. The van der Waals surface area contributed by atoms with Gasteiger partial charge in [-0.2, -0.15) is 0 Å². The summed E-state index contributed by atoms with van der Waals surface area (Å²) in [6, 6.07) is 5.34. The summed E-state index contributed by atoms with van der Waals surface area (Å²) in [5.74, 6) is 0.679. The second-order valence-electron chi connectivity index (χ2n) is 2.85. The molecule has 0 unspecified atom stereocenters. The largest absolute Gasteiger partial charge is 2.00 e. The Morgan fingerprint density at radius 1 is 1.18 bits per heavy atom. The van der Waals surface area contributed by atoms with Crippen molar-refractivity contribution in [1.29, 1.82) is 5.39 Å². The SMILES string of the molecule is COc1ccc(N(C)C)c([N+]#N)c1.[Br-].[Br-].[Br-].[Zn+2]. The van der Waals surface area contributed by atoms with Crippen LogP contribution in [0.5, 0.6) is 5.75 Å². The summed E-state index contributed by atoms with van der Waals surface area (Å²) in [6.07, 6.45) is 0. The number of halogens is 3. The normalized spacial score (nSPS) is 6.94. The molecule has 0 fully saturated rings. The van der Waals surface area contributed by atoms with Crippen LogP contribution in [0.15, 0.2) is 18.2 Å². The molecule has 4 nitrogen and oxygen atoms in total. The van der Waals surface area contributed by atoms with Crippen LogP contribution in [0, 0.1) is 5.39 Å². The Hall–Kier alpha value is 0.303. The maximum Gasteiger partial charge on any atom is 2.00 e. The van der Waals surface area contributed by atoms with Crippen LogP contribution in [0.2, 0.25) is 0 Å². The summed E-state index contributed by atoms with van der Waals surface area (Å²) in [4.78, 5) is 5.05. The molecule has 0 aliphatic rings. The fourth-order valence-corrected chi connectivity index (χ4v) is 1.09. The minimum absolute atomic E-state index is 0. The van der Waals surface area contributed by atoms with Crippen molar-refractivity contribution in [3.63, 3.8) is 0 Å². The van der Waals surface area contributed by atoms with Crippen LogP contribution in [0.25, 0.3) is 4.98 Å². The first-order valence-corrected chi connectivity index (χ1v) is 3.89. The van der Waals surface area contributed by atoms with Gasteiger partial charge in [0.2, 0.25) is 5.39 Å². The number of diazo groups is 1. The van der Waals surface area contributed by atoms with Gasteiger partial charge in [-0.05, 0) is 12.1 Å². The summed E-state index contributed by atoms with van der Waals surface area (Å²) < 4.78 is 5.00. The van der Waals surface area contributed by atoms with E-state index in [1.807, 2.05) is 31.1 Å². The smallest absolute Gasteiger partial charge is 1.00 e. The number of hydrogen-bond donors (Lipinski definition) is 0. The van der Waals surface area contributed by atoms with Crippen LogP contribution in [0.4, 0.5) is 11.4 Å². The molecule has 8 heteroatoms. The van der Waals surface area contributed by atoms with Crippen LogP contribution >= 0.6 is 0 Å². The molecule has 1 rings (SSSR count). The maximum atomic E-state index is 8.73. The molecule has 0 atom stereocenters. The Morgan fingerprint density at radius 2 is 1.71 bits per heavy atom. The Balaban J connectivity index is -0.000000211. The minimum atomic E-state index is 0. The van der Waals surface area contributed by atoms with Gasteiger partial charge in [-0.15, -0.1) is 0 Å². The Kier molecular flexibility index (Phi) is 19.5. The van der Waals surface area contributed by atoms with Gasteiger partial charge < -0.3 is 60.6 Å². The topological polar surface area (TPSA) is 40.6 Å². The molecule has 0 radical (unpaired) electrons. The molecule has 0 saturated heterocycles. The molecule has 0 N–H and O–H groups in total. The van der Waals surface area contributed by atoms with Gasteiger partial charge >= 0.3 is 25.2 Å². The predicted molar refractivity (Wildman–Crippen MR) is 52.1 cm³/mol. The standard InChI is InChI=1S/C9H12N3O.3BrH.Zn/c1-12(2)9-5-4-7(13-3)6-8(9)11-10;;;;/h4-6H,1-3H3;3*1H;/q+1;;;;+2/p-3. The van der Waals surface area contributed by atoms with Gasteiger partial charge in [-0.3, -0.25) is 0 Å². The number of anilines is 1. The molecule has 0 aliphatic carbocycles. The molecule has 0 aromatic heterocycles. The van der Waals surface area contributed by atoms with E-state index in [4.69, 9.17) is 10.1 Å². The summed E-state index contributed by atoms with van der Waals surface area (Å²) >= 11 is 0. The monoisotopic (exact) mass is 479 g/mol. The fraction of sp³-hybridized carbons (Fsp3) is 0.333. The van der Waals surface area contributed by atoms with Crippen molar-refractivity contribution in [3.05, 3.63) is 23.2 Å². The van der Waals surface area contributed by atoms with Crippen LogP contribution in [-0.2, 0) is 19.5 Å². The quantitative estimate of drug-likeness (QED) is 0.311. The number of rotatable bonds is 2. The summed E-state index contributed by atoms with van der Waals surface area (Å²) in [5.41, 5.74) is 1.35. The first kappa shape index (κ1) is 26.0. The summed E-state index contributed by atoms with van der Waals surface area (Å²) in [6.45, 7) is 0. The van der Waals surface area contributed by atoms with Crippen LogP contribution < -0.4 is 60.6 Å². The number of hydrogen-bond acceptors (Lipinski definition) is 3. The van der Waals surface area contributed by atoms with E-state index in [0.29, 0.717) is 11.4 Å². The molecule has 0 aliphatic heterocycles. The maximum absolute atomic E-state index is 8.73. The van der Waals surface area contributed by atoms with Crippen molar-refractivity contribution >= 4 is 11.4 Å². The first-order valence-electron chi connectivity index (χ1n) is 3.89. The van der Waals surface area contributed by atoms with Gasteiger partial charge in [0.25, 0.3) is 0 Å². The second kappa shape index (κ2) is 12.8. The zero-order valence-corrected chi connectivity index (χ0v) is 17.5. The van der Waals surface area contributed by atoms with E-state index in [2.05, 4.69) is 4.98 Å². The second-order valence-corrected chi connectivity index (χ2v) is 2.85. The van der Waals surface area contributed by atoms with Crippen molar-refractivity contribution in [1.82, 2.24) is 0 Å².